The lowest BCUT2D eigenvalue weighted by molar-refractivity contribution is -0.146. The number of hydrogen-bond donors (Lipinski definition) is 1. The predicted molar refractivity (Wildman–Crippen MR) is 92.0 cm³/mol. The number of piperidine rings is 1. The number of hydrogen-bond acceptors (Lipinski definition) is 5. The molecule has 0 aromatic rings. The van der Waals surface area contributed by atoms with E-state index in [1.807, 2.05) is 0 Å². The van der Waals surface area contributed by atoms with E-state index in [2.05, 4.69) is 5.32 Å². The van der Waals surface area contributed by atoms with Gasteiger partial charge in [-0.1, -0.05) is 12.8 Å². The first-order valence-electron chi connectivity index (χ1n) is 9.34. The maximum absolute atomic E-state index is 13.1. The van der Waals surface area contributed by atoms with Crippen LogP contribution in [0.1, 0.15) is 51.4 Å². The van der Waals surface area contributed by atoms with Crippen molar-refractivity contribution < 1.29 is 17.9 Å². The highest BCUT2D eigenvalue weighted by Gasteiger charge is 2.44. The highest BCUT2D eigenvalue weighted by atomic mass is 32.2. The molecule has 138 valence electrons. The summed E-state index contributed by atoms with van der Waals surface area (Å²) in [5.41, 5.74) is 0. The molecular weight excluding hydrogens is 328 g/mol. The van der Waals surface area contributed by atoms with Crippen LogP contribution in [0.3, 0.4) is 0 Å². The first-order valence-corrected chi connectivity index (χ1v) is 10.8. The number of carbonyl (C=O) groups excluding carboxylic acids is 1. The number of nitrogens with zero attached hydrogens (tertiary/aromatic N) is 1. The van der Waals surface area contributed by atoms with Crippen molar-refractivity contribution in [2.45, 2.75) is 62.7 Å². The Balaban J connectivity index is 1.65. The number of esters is 1. The average Bonchev–Trinajstić information content (AvgIpc) is 3.16. The van der Waals surface area contributed by atoms with Crippen LogP contribution in [0.4, 0.5) is 0 Å². The second-order valence-corrected chi connectivity index (χ2v) is 9.59. The van der Waals surface area contributed by atoms with Gasteiger partial charge in [-0.05, 0) is 51.0 Å². The molecule has 1 saturated carbocycles. The van der Waals surface area contributed by atoms with Crippen molar-refractivity contribution in [1.29, 1.82) is 0 Å². The zero-order valence-electron chi connectivity index (χ0n) is 14.6. The molecule has 1 N–H and O–H groups in total. The van der Waals surface area contributed by atoms with Crippen molar-refractivity contribution >= 4 is 16.0 Å². The fourth-order valence-electron chi connectivity index (χ4n) is 4.71. The Labute approximate surface area is 145 Å². The summed E-state index contributed by atoms with van der Waals surface area (Å²) in [5.74, 6) is -0.280. The highest BCUT2D eigenvalue weighted by molar-refractivity contribution is 7.89. The zero-order valence-corrected chi connectivity index (χ0v) is 15.4. The summed E-state index contributed by atoms with van der Waals surface area (Å²) in [5, 5.41) is 2.95. The van der Waals surface area contributed by atoms with Gasteiger partial charge in [0.05, 0.1) is 18.3 Å². The van der Waals surface area contributed by atoms with Gasteiger partial charge in [-0.25, -0.2) is 12.7 Å². The van der Waals surface area contributed by atoms with Gasteiger partial charge in [-0.15, -0.1) is 0 Å². The maximum atomic E-state index is 13.1. The molecule has 0 aromatic heterocycles. The van der Waals surface area contributed by atoms with Gasteiger partial charge in [0.1, 0.15) is 0 Å². The number of nitrogens with one attached hydrogen (secondary N) is 1. The molecule has 2 saturated heterocycles. The normalized spacial score (nSPS) is 33.5. The van der Waals surface area contributed by atoms with Crippen LogP contribution < -0.4 is 5.32 Å². The maximum Gasteiger partial charge on any atom is 0.310 e. The van der Waals surface area contributed by atoms with Gasteiger partial charge >= 0.3 is 5.97 Å². The minimum absolute atomic E-state index is 0.367. The highest BCUT2D eigenvalue weighted by Crippen LogP contribution is 2.34. The smallest absolute Gasteiger partial charge is 0.310 e. The molecule has 3 unspecified atom stereocenters. The summed E-state index contributed by atoms with van der Waals surface area (Å²) in [6, 6.07) is 0.562. The van der Waals surface area contributed by atoms with Crippen LogP contribution >= 0.6 is 0 Å². The van der Waals surface area contributed by atoms with Crippen molar-refractivity contribution in [3.8, 4) is 0 Å². The summed E-state index contributed by atoms with van der Waals surface area (Å²) in [6.07, 6.45) is 7.27. The molecule has 0 radical (unpaired) electrons. The van der Waals surface area contributed by atoms with E-state index >= 15 is 0 Å². The monoisotopic (exact) mass is 358 g/mol. The second-order valence-electron chi connectivity index (χ2n) is 7.44. The molecule has 6 nitrogen and oxygen atoms in total. The van der Waals surface area contributed by atoms with E-state index in [0.717, 1.165) is 32.2 Å². The van der Waals surface area contributed by atoms with Gasteiger partial charge in [-0.2, -0.15) is 0 Å². The van der Waals surface area contributed by atoms with E-state index in [0.29, 0.717) is 37.9 Å². The Morgan fingerprint density at radius 1 is 1.04 bits per heavy atom. The van der Waals surface area contributed by atoms with Crippen molar-refractivity contribution in [2.75, 3.05) is 26.7 Å². The fraction of sp³-hybridized carbons (Fsp3) is 0.941. The van der Waals surface area contributed by atoms with Crippen LogP contribution in [0.15, 0.2) is 0 Å². The van der Waals surface area contributed by atoms with E-state index in [4.69, 9.17) is 4.74 Å². The molecule has 3 atom stereocenters. The SMILES string of the molecule is COC(=O)C1CCCCC1S(=O)(=O)N1CCC(C2CCCN2)CC1. The Morgan fingerprint density at radius 2 is 1.75 bits per heavy atom. The third-order valence-corrected chi connectivity index (χ3v) is 8.53. The van der Waals surface area contributed by atoms with E-state index in [-0.39, 0.29) is 5.97 Å². The Hall–Kier alpha value is -0.660. The Bertz CT molecular complexity index is 537. The Kier molecular flexibility index (Phi) is 5.82. The molecule has 3 fully saturated rings. The van der Waals surface area contributed by atoms with E-state index in [9.17, 15) is 13.2 Å². The van der Waals surface area contributed by atoms with E-state index in [1.165, 1.54) is 20.0 Å². The van der Waals surface area contributed by atoms with Gasteiger partial charge < -0.3 is 10.1 Å². The van der Waals surface area contributed by atoms with Gasteiger partial charge in [0.2, 0.25) is 10.0 Å². The number of carbonyl (C=O) groups is 1. The third-order valence-electron chi connectivity index (χ3n) is 6.12. The molecule has 24 heavy (non-hydrogen) atoms. The van der Waals surface area contributed by atoms with Crippen LogP contribution in [-0.2, 0) is 19.6 Å². The second kappa shape index (κ2) is 7.70. The average molecular weight is 359 g/mol. The van der Waals surface area contributed by atoms with Crippen molar-refractivity contribution in [3.63, 3.8) is 0 Å². The summed E-state index contributed by atoms with van der Waals surface area (Å²) in [4.78, 5) is 12.0. The largest absolute Gasteiger partial charge is 0.469 e. The van der Waals surface area contributed by atoms with Gasteiger partial charge in [0.25, 0.3) is 0 Å². The van der Waals surface area contributed by atoms with E-state index < -0.39 is 21.2 Å². The lowest BCUT2D eigenvalue weighted by atomic mass is 9.89. The van der Waals surface area contributed by atoms with Crippen LogP contribution in [0.2, 0.25) is 0 Å². The van der Waals surface area contributed by atoms with Gasteiger partial charge in [0, 0.05) is 19.1 Å². The summed E-state index contributed by atoms with van der Waals surface area (Å²) >= 11 is 0. The van der Waals surface area contributed by atoms with Crippen LogP contribution in [-0.4, -0.2) is 56.7 Å². The molecule has 3 aliphatic rings. The summed E-state index contributed by atoms with van der Waals surface area (Å²) in [7, 11) is -2.08. The number of sulfonamides is 1. The summed E-state index contributed by atoms with van der Waals surface area (Å²) < 4.78 is 32.7. The lowest BCUT2D eigenvalue weighted by Crippen LogP contribution is -2.50. The fourth-order valence-corrected chi connectivity index (χ4v) is 6.94. The molecular formula is C17H30N2O4S. The van der Waals surface area contributed by atoms with Gasteiger partial charge in [0.15, 0.2) is 0 Å². The number of ether oxygens (including phenoxy) is 1. The van der Waals surface area contributed by atoms with Crippen LogP contribution in [0, 0.1) is 11.8 Å². The topological polar surface area (TPSA) is 75.7 Å². The molecule has 2 aliphatic heterocycles. The summed E-state index contributed by atoms with van der Waals surface area (Å²) in [6.45, 7) is 2.28. The number of methoxy groups -OCH3 is 1. The molecule has 7 heteroatoms. The van der Waals surface area contributed by atoms with Crippen molar-refractivity contribution in [1.82, 2.24) is 9.62 Å². The van der Waals surface area contributed by atoms with Gasteiger partial charge in [-0.3, -0.25) is 4.79 Å². The first kappa shape index (κ1) is 18.1. The molecule has 0 bridgehead atoms. The minimum Gasteiger partial charge on any atom is -0.469 e. The molecule has 0 aromatic carbocycles. The molecule has 0 spiro atoms. The zero-order chi connectivity index (χ0) is 17.2. The van der Waals surface area contributed by atoms with Crippen LogP contribution in [0.25, 0.3) is 0 Å². The van der Waals surface area contributed by atoms with Crippen molar-refractivity contribution in [2.24, 2.45) is 11.8 Å². The predicted octanol–water partition coefficient (Wildman–Crippen LogP) is 1.51. The Morgan fingerprint density at radius 3 is 2.38 bits per heavy atom. The van der Waals surface area contributed by atoms with Crippen molar-refractivity contribution in [3.05, 3.63) is 0 Å². The standard InChI is InChI=1S/C17H30N2O4S/c1-23-17(20)14-5-2-3-7-16(14)24(21,22)19-11-8-13(9-12-19)15-6-4-10-18-15/h13-16,18H,2-12H2,1H3. The molecule has 2 heterocycles. The number of rotatable bonds is 4. The quantitative estimate of drug-likeness (QED) is 0.771. The third kappa shape index (κ3) is 3.63. The molecule has 1 aliphatic carbocycles. The first-order chi connectivity index (χ1) is 11.5. The van der Waals surface area contributed by atoms with Crippen LogP contribution in [0.5, 0.6) is 0 Å². The molecule has 3 rings (SSSR count). The van der Waals surface area contributed by atoms with E-state index in [1.54, 1.807) is 4.31 Å². The minimum atomic E-state index is -3.42. The lowest BCUT2D eigenvalue weighted by Gasteiger charge is -2.38. The molecule has 0 amide bonds.